The zero-order valence-electron chi connectivity index (χ0n) is 9.37. The first-order valence-corrected chi connectivity index (χ1v) is 5.44. The van der Waals surface area contributed by atoms with E-state index in [0.717, 1.165) is 11.1 Å². The summed E-state index contributed by atoms with van der Waals surface area (Å²) in [5.41, 5.74) is 7.62. The Bertz CT molecular complexity index is 497. The van der Waals surface area contributed by atoms with Gasteiger partial charge in [0.25, 0.3) is 0 Å². The molecule has 6 nitrogen and oxygen atoms in total. The molecule has 2 rings (SSSR count). The number of nitrogens with one attached hydrogen (secondary N) is 1. The molecule has 2 aromatic rings. The molecule has 17 heavy (non-hydrogen) atoms. The Kier molecular flexibility index (Phi) is 3.58. The van der Waals surface area contributed by atoms with Gasteiger partial charge in [-0.05, 0) is 23.8 Å². The summed E-state index contributed by atoms with van der Waals surface area (Å²) in [5, 5.41) is 25.2. The summed E-state index contributed by atoms with van der Waals surface area (Å²) in [6.45, 7) is 0.403. The average Bonchev–Trinajstić information content (AvgIpc) is 2.79. The molecule has 0 amide bonds. The summed E-state index contributed by atoms with van der Waals surface area (Å²) in [4.78, 5) is 0. The van der Waals surface area contributed by atoms with E-state index < -0.39 is 0 Å². The molecule has 0 aromatic carbocycles. The molecule has 0 bridgehead atoms. The Labute approximate surface area is 98.7 Å². The van der Waals surface area contributed by atoms with Crippen LogP contribution in [-0.2, 0) is 0 Å². The predicted molar refractivity (Wildman–Crippen MR) is 64.5 cm³/mol. The van der Waals surface area contributed by atoms with Gasteiger partial charge in [-0.3, -0.25) is 0 Å². The number of aliphatic hydroxyl groups is 2. The van der Waals surface area contributed by atoms with Crippen LogP contribution in [0.15, 0.2) is 24.4 Å². The zero-order valence-corrected chi connectivity index (χ0v) is 9.37. The fourth-order valence-corrected chi connectivity index (χ4v) is 1.81. The first-order valence-electron chi connectivity index (χ1n) is 5.44. The number of anilines is 1. The van der Waals surface area contributed by atoms with Gasteiger partial charge in [0, 0.05) is 6.54 Å². The summed E-state index contributed by atoms with van der Waals surface area (Å²) in [6, 6.07) is 5.30. The topological polar surface area (TPSA) is 95.8 Å². The first-order chi connectivity index (χ1) is 8.26. The third-order valence-electron chi connectivity index (χ3n) is 2.63. The molecule has 1 atom stereocenters. The van der Waals surface area contributed by atoms with E-state index in [2.05, 4.69) is 10.4 Å². The monoisotopic (exact) mass is 236 g/mol. The van der Waals surface area contributed by atoms with Crippen LogP contribution in [0.4, 0.5) is 5.82 Å². The van der Waals surface area contributed by atoms with Crippen LogP contribution in [0.3, 0.4) is 0 Å². The fraction of sp³-hybridized carbons (Fsp3) is 0.364. The second-order valence-electron chi connectivity index (χ2n) is 3.79. The van der Waals surface area contributed by atoms with Crippen LogP contribution in [0.25, 0.3) is 5.52 Å². The zero-order chi connectivity index (χ0) is 12.3. The van der Waals surface area contributed by atoms with Gasteiger partial charge in [-0.25, -0.2) is 4.52 Å². The number of hydrogen-bond donors (Lipinski definition) is 4. The van der Waals surface area contributed by atoms with Gasteiger partial charge in [0.2, 0.25) is 0 Å². The first kappa shape index (κ1) is 11.8. The molecule has 2 heterocycles. The lowest BCUT2D eigenvalue weighted by Crippen LogP contribution is -2.27. The van der Waals surface area contributed by atoms with E-state index in [-0.39, 0.29) is 19.3 Å². The summed E-state index contributed by atoms with van der Waals surface area (Å²) < 4.78 is 1.63. The molecule has 0 saturated heterocycles. The van der Waals surface area contributed by atoms with E-state index in [1.807, 2.05) is 12.1 Å². The highest BCUT2D eigenvalue weighted by atomic mass is 16.3. The maximum atomic E-state index is 9.31. The van der Waals surface area contributed by atoms with E-state index >= 15 is 0 Å². The van der Waals surface area contributed by atoms with Crippen molar-refractivity contribution < 1.29 is 10.2 Å². The molecule has 0 fully saturated rings. The van der Waals surface area contributed by atoms with E-state index in [0.29, 0.717) is 12.4 Å². The molecule has 1 unspecified atom stereocenters. The molecular weight excluding hydrogens is 220 g/mol. The number of nitrogen functional groups attached to an aromatic ring is 1. The van der Waals surface area contributed by atoms with Gasteiger partial charge in [-0.2, -0.15) is 5.10 Å². The quantitative estimate of drug-likeness (QED) is 0.563. The van der Waals surface area contributed by atoms with E-state index in [9.17, 15) is 5.11 Å². The van der Waals surface area contributed by atoms with Crippen molar-refractivity contribution in [2.75, 3.05) is 25.5 Å². The standard InChI is InChI=1S/C11H16N4O2/c12-11-6-8(10(7-17)13-3-4-16)5-9-1-2-14-15(9)11/h1-2,5-6,10,13,16-17H,3-4,7,12H2. The third-order valence-corrected chi connectivity index (χ3v) is 2.63. The van der Waals surface area contributed by atoms with Crippen molar-refractivity contribution in [1.29, 1.82) is 0 Å². The summed E-state index contributed by atoms with van der Waals surface area (Å²) in [5.74, 6) is 0.520. The summed E-state index contributed by atoms with van der Waals surface area (Å²) >= 11 is 0. The van der Waals surface area contributed by atoms with Crippen molar-refractivity contribution in [2.24, 2.45) is 0 Å². The maximum Gasteiger partial charge on any atom is 0.125 e. The Morgan fingerprint density at radius 3 is 2.94 bits per heavy atom. The minimum Gasteiger partial charge on any atom is -0.395 e. The van der Waals surface area contributed by atoms with Gasteiger partial charge in [0.15, 0.2) is 0 Å². The van der Waals surface area contributed by atoms with Crippen LogP contribution < -0.4 is 11.1 Å². The number of aromatic nitrogens is 2. The van der Waals surface area contributed by atoms with Crippen molar-refractivity contribution in [3.8, 4) is 0 Å². The molecule has 0 saturated carbocycles. The highest BCUT2D eigenvalue weighted by molar-refractivity contribution is 5.55. The van der Waals surface area contributed by atoms with Gasteiger partial charge < -0.3 is 21.3 Å². The van der Waals surface area contributed by atoms with Gasteiger partial charge in [-0.15, -0.1) is 0 Å². The second-order valence-corrected chi connectivity index (χ2v) is 3.79. The number of rotatable bonds is 5. The number of fused-ring (bicyclic) bond motifs is 1. The van der Waals surface area contributed by atoms with E-state index in [1.165, 1.54) is 0 Å². The van der Waals surface area contributed by atoms with Crippen LogP contribution in [0.1, 0.15) is 11.6 Å². The molecule has 0 radical (unpaired) electrons. The van der Waals surface area contributed by atoms with Crippen LogP contribution in [0, 0.1) is 0 Å². The summed E-state index contributed by atoms with van der Waals surface area (Å²) in [7, 11) is 0. The number of pyridine rings is 1. The minimum absolute atomic E-state index is 0.0287. The number of nitrogens with two attached hydrogens (primary N) is 1. The Morgan fingerprint density at radius 1 is 1.41 bits per heavy atom. The van der Waals surface area contributed by atoms with Crippen LogP contribution in [0.2, 0.25) is 0 Å². The van der Waals surface area contributed by atoms with Gasteiger partial charge >= 0.3 is 0 Å². The number of aliphatic hydroxyl groups excluding tert-OH is 2. The van der Waals surface area contributed by atoms with Gasteiger partial charge in [0.05, 0.1) is 31.0 Å². The maximum absolute atomic E-state index is 9.31. The Hall–Kier alpha value is -1.63. The van der Waals surface area contributed by atoms with Gasteiger partial charge in [-0.1, -0.05) is 0 Å². The van der Waals surface area contributed by atoms with Crippen molar-refractivity contribution in [1.82, 2.24) is 14.9 Å². The van der Waals surface area contributed by atoms with Crippen LogP contribution in [0.5, 0.6) is 0 Å². The van der Waals surface area contributed by atoms with Crippen molar-refractivity contribution in [2.45, 2.75) is 6.04 Å². The van der Waals surface area contributed by atoms with E-state index in [4.69, 9.17) is 10.8 Å². The normalized spacial score (nSPS) is 13.1. The van der Waals surface area contributed by atoms with E-state index in [1.54, 1.807) is 16.8 Å². The van der Waals surface area contributed by atoms with Crippen molar-refractivity contribution >= 4 is 11.3 Å². The molecular formula is C11H16N4O2. The number of hydrogen-bond acceptors (Lipinski definition) is 5. The fourth-order valence-electron chi connectivity index (χ4n) is 1.81. The Balaban J connectivity index is 2.32. The molecule has 5 N–H and O–H groups in total. The highest BCUT2D eigenvalue weighted by Gasteiger charge is 2.11. The molecule has 6 heteroatoms. The van der Waals surface area contributed by atoms with Gasteiger partial charge in [0.1, 0.15) is 5.82 Å². The molecule has 0 aliphatic rings. The highest BCUT2D eigenvalue weighted by Crippen LogP contribution is 2.18. The lowest BCUT2D eigenvalue weighted by molar-refractivity contribution is 0.227. The Morgan fingerprint density at radius 2 is 2.24 bits per heavy atom. The molecule has 2 aromatic heterocycles. The smallest absolute Gasteiger partial charge is 0.125 e. The SMILES string of the molecule is Nc1cc(C(CO)NCCO)cc2ccnn12. The average molecular weight is 236 g/mol. The predicted octanol–water partition coefficient (Wildman–Crippen LogP) is -0.468. The molecule has 0 aliphatic heterocycles. The third kappa shape index (κ3) is 2.38. The molecule has 0 spiro atoms. The number of nitrogens with zero attached hydrogens (tertiary/aromatic N) is 2. The summed E-state index contributed by atoms with van der Waals surface area (Å²) in [6.07, 6.45) is 1.67. The lowest BCUT2D eigenvalue weighted by Gasteiger charge is -2.17. The lowest BCUT2D eigenvalue weighted by atomic mass is 10.1. The molecule has 0 aliphatic carbocycles. The van der Waals surface area contributed by atoms with Crippen LogP contribution in [-0.4, -0.2) is 39.6 Å². The van der Waals surface area contributed by atoms with Crippen molar-refractivity contribution in [3.63, 3.8) is 0 Å². The van der Waals surface area contributed by atoms with Crippen molar-refractivity contribution in [3.05, 3.63) is 30.0 Å². The largest absolute Gasteiger partial charge is 0.395 e. The molecule has 92 valence electrons. The van der Waals surface area contributed by atoms with Crippen LogP contribution >= 0.6 is 0 Å². The second kappa shape index (κ2) is 5.13. The minimum atomic E-state index is -0.232.